The molecule has 1 aromatic rings. The predicted molar refractivity (Wildman–Crippen MR) is 87.4 cm³/mol. The van der Waals surface area contributed by atoms with E-state index in [1.54, 1.807) is 17.0 Å². The van der Waals surface area contributed by atoms with E-state index < -0.39 is 6.09 Å². The highest BCUT2D eigenvalue weighted by Gasteiger charge is 2.35. The van der Waals surface area contributed by atoms with Crippen LogP contribution in [0.4, 0.5) is 10.5 Å². The first kappa shape index (κ1) is 16.5. The Kier molecular flexibility index (Phi) is 4.84. The van der Waals surface area contributed by atoms with Crippen LogP contribution in [-0.2, 0) is 0 Å². The molecular formula is C17H26N2O3. The second-order valence-electron chi connectivity index (χ2n) is 6.99. The molecule has 0 heterocycles. The molecule has 1 aliphatic carbocycles. The Balaban J connectivity index is 1.95. The molecule has 5 heteroatoms. The summed E-state index contributed by atoms with van der Waals surface area (Å²) in [7, 11) is 0. The van der Waals surface area contributed by atoms with Gasteiger partial charge in [0, 0.05) is 17.6 Å². The van der Waals surface area contributed by atoms with Crippen LogP contribution in [0.2, 0.25) is 0 Å². The molecule has 1 fully saturated rings. The van der Waals surface area contributed by atoms with Crippen molar-refractivity contribution in [2.45, 2.75) is 64.1 Å². The molecule has 122 valence electrons. The second-order valence-corrected chi connectivity index (χ2v) is 6.99. The Bertz CT molecular complexity index is 517. The number of phenolic OH excluding ortho intramolecular Hbond substituents is 1. The van der Waals surface area contributed by atoms with Crippen LogP contribution in [0, 0.1) is 0 Å². The predicted octanol–water partition coefficient (Wildman–Crippen LogP) is 3.89. The fourth-order valence-electron chi connectivity index (χ4n) is 3.28. The van der Waals surface area contributed by atoms with Crippen LogP contribution >= 0.6 is 0 Å². The average molecular weight is 306 g/mol. The van der Waals surface area contributed by atoms with Gasteiger partial charge in [-0.05, 0) is 58.6 Å². The maximum Gasteiger partial charge on any atom is 0.407 e. The molecule has 0 atom stereocenters. The molecule has 0 spiro atoms. The van der Waals surface area contributed by atoms with Gasteiger partial charge in [0.2, 0.25) is 0 Å². The SMILES string of the molecule is CC(C)(C)N(C(=O)O)C1CCC(Nc2ccccc2O)CC1. The zero-order valence-electron chi connectivity index (χ0n) is 13.5. The van der Waals surface area contributed by atoms with Gasteiger partial charge < -0.3 is 20.4 Å². The van der Waals surface area contributed by atoms with Crippen LogP contribution in [0.1, 0.15) is 46.5 Å². The maximum absolute atomic E-state index is 11.5. The van der Waals surface area contributed by atoms with Gasteiger partial charge in [0.15, 0.2) is 0 Å². The Hall–Kier alpha value is -1.91. The number of rotatable bonds is 3. The topological polar surface area (TPSA) is 72.8 Å². The minimum atomic E-state index is -0.843. The normalized spacial score (nSPS) is 22.1. The highest BCUT2D eigenvalue weighted by Crippen LogP contribution is 2.31. The van der Waals surface area contributed by atoms with Crippen molar-refractivity contribution in [1.82, 2.24) is 4.90 Å². The molecule has 1 amide bonds. The standard InChI is InChI=1S/C17H26N2O3/c1-17(2,3)19(16(21)22)13-10-8-12(9-11-13)18-14-6-4-5-7-15(14)20/h4-7,12-13,18,20H,8-11H2,1-3H3,(H,21,22). The van der Waals surface area contributed by atoms with Crippen molar-refractivity contribution >= 4 is 11.8 Å². The highest BCUT2D eigenvalue weighted by molar-refractivity contribution is 5.66. The fourth-order valence-corrected chi connectivity index (χ4v) is 3.28. The number of anilines is 1. The van der Waals surface area contributed by atoms with Gasteiger partial charge in [0.05, 0.1) is 5.69 Å². The smallest absolute Gasteiger partial charge is 0.407 e. The number of phenols is 1. The molecule has 0 unspecified atom stereocenters. The Morgan fingerprint density at radius 1 is 1.18 bits per heavy atom. The molecule has 2 rings (SSSR count). The summed E-state index contributed by atoms with van der Waals surface area (Å²) in [5.74, 6) is 0.256. The van der Waals surface area contributed by atoms with Gasteiger partial charge >= 0.3 is 6.09 Å². The van der Waals surface area contributed by atoms with E-state index in [4.69, 9.17) is 0 Å². The molecule has 1 saturated carbocycles. The Morgan fingerprint density at radius 3 is 2.27 bits per heavy atom. The van der Waals surface area contributed by atoms with E-state index in [9.17, 15) is 15.0 Å². The van der Waals surface area contributed by atoms with Crippen molar-refractivity contribution in [2.75, 3.05) is 5.32 Å². The van der Waals surface area contributed by atoms with Crippen LogP contribution in [0.3, 0.4) is 0 Å². The number of carboxylic acid groups (broad SMARTS) is 1. The van der Waals surface area contributed by atoms with Crippen molar-refractivity contribution in [1.29, 1.82) is 0 Å². The molecule has 0 aromatic heterocycles. The number of para-hydroxylation sites is 2. The van der Waals surface area contributed by atoms with Crippen molar-refractivity contribution in [2.24, 2.45) is 0 Å². The van der Waals surface area contributed by atoms with Gasteiger partial charge in [0.25, 0.3) is 0 Å². The first-order chi connectivity index (χ1) is 10.3. The minimum absolute atomic E-state index is 0.0694. The van der Waals surface area contributed by atoms with E-state index in [-0.39, 0.29) is 23.4 Å². The Morgan fingerprint density at radius 2 is 1.77 bits per heavy atom. The number of hydrogen-bond donors (Lipinski definition) is 3. The van der Waals surface area contributed by atoms with Crippen LogP contribution < -0.4 is 5.32 Å². The van der Waals surface area contributed by atoms with Crippen LogP contribution in [-0.4, -0.2) is 38.8 Å². The second kappa shape index (κ2) is 6.46. The van der Waals surface area contributed by atoms with Crippen molar-refractivity contribution in [3.05, 3.63) is 24.3 Å². The molecule has 0 bridgehead atoms. The maximum atomic E-state index is 11.5. The molecule has 0 aliphatic heterocycles. The summed E-state index contributed by atoms with van der Waals surface area (Å²) in [6.45, 7) is 5.81. The van der Waals surface area contributed by atoms with Crippen LogP contribution in [0.15, 0.2) is 24.3 Å². The highest BCUT2D eigenvalue weighted by atomic mass is 16.4. The van der Waals surface area contributed by atoms with Gasteiger partial charge in [-0.1, -0.05) is 12.1 Å². The van der Waals surface area contributed by atoms with Crippen molar-refractivity contribution in [3.63, 3.8) is 0 Å². The van der Waals surface area contributed by atoms with Gasteiger partial charge in [0.1, 0.15) is 5.75 Å². The first-order valence-electron chi connectivity index (χ1n) is 7.86. The molecule has 0 radical (unpaired) electrons. The summed E-state index contributed by atoms with van der Waals surface area (Å²) in [4.78, 5) is 13.1. The molecule has 3 N–H and O–H groups in total. The summed E-state index contributed by atoms with van der Waals surface area (Å²) in [5, 5.41) is 22.6. The number of carbonyl (C=O) groups is 1. The Labute approximate surface area is 131 Å². The third-order valence-corrected chi connectivity index (χ3v) is 4.25. The summed E-state index contributed by atoms with van der Waals surface area (Å²) in [5.41, 5.74) is 0.367. The van der Waals surface area contributed by atoms with Crippen molar-refractivity contribution < 1.29 is 15.0 Å². The first-order valence-corrected chi connectivity index (χ1v) is 7.86. The van der Waals surface area contributed by atoms with Gasteiger partial charge in [-0.15, -0.1) is 0 Å². The van der Waals surface area contributed by atoms with E-state index in [1.165, 1.54) is 0 Å². The number of amides is 1. The quantitative estimate of drug-likeness (QED) is 0.741. The number of nitrogens with zero attached hydrogens (tertiary/aromatic N) is 1. The third-order valence-electron chi connectivity index (χ3n) is 4.25. The zero-order chi connectivity index (χ0) is 16.3. The lowest BCUT2D eigenvalue weighted by Gasteiger charge is -2.42. The molecular weight excluding hydrogens is 280 g/mol. The molecule has 5 nitrogen and oxygen atoms in total. The van der Waals surface area contributed by atoms with Crippen LogP contribution in [0.25, 0.3) is 0 Å². The van der Waals surface area contributed by atoms with E-state index in [0.717, 1.165) is 31.4 Å². The number of hydrogen-bond acceptors (Lipinski definition) is 3. The zero-order valence-corrected chi connectivity index (χ0v) is 13.5. The summed E-state index contributed by atoms with van der Waals surface area (Å²) in [6, 6.07) is 7.56. The fraction of sp³-hybridized carbons (Fsp3) is 0.588. The van der Waals surface area contributed by atoms with Gasteiger partial charge in [-0.3, -0.25) is 0 Å². The average Bonchev–Trinajstić information content (AvgIpc) is 2.41. The molecule has 0 saturated heterocycles. The van der Waals surface area contributed by atoms with Crippen molar-refractivity contribution in [3.8, 4) is 5.75 Å². The van der Waals surface area contributed by atoms with E-state index >= 15 is 0 Å². The van der Waals surface area contributed by atoms with Crippen LogP contribution in [0.5, 0.6) is 5.75 Å². The number of nitrogens with one attached hydrogen (secondary N) is 1. The van der Waals surface area contributed by atoms with E-state index in [0.29, 0.717) is 0 Å². The largest absolute Gasteiger partial charge is 0.506 e. The third kappa shape index (κ3) is 3.84. The summed E-state index contributed by atoms with van der Waals surface area (Å²) in [6.07, 6.45) is 2.64. The molecule has 1 aromatic carbocycles. The summed E-state index contributed by atoms with van der Waals surface area (Å²) < 4.78 is 0. The summed E-state index contributed by atoms with van der Waals surface area (Å²) >= 11 is 0. The molecule has 1 aliphatic rings. The minimum Gasteiger partial charge on any atom is -0.506 e. The van der Waals surface area contributed by atoms with E-state index in [2.05, 4.69) is 5.32 Å². The van der Waals surface area contributed by atoms with Gasteiger partial charge in [-0.25, -0.2) is 4.79 Å². The van der Waals surface area contributed by atoms with E-state index in [1.807, 2.05) is 32.9 Å². The lowest BCUT2D eigenvalue weighted by Crippen LogP contribution is -2.52. The lowest BCUT2D eigenvalue weighted by molar-refractivity contribution is 0.0557. The monoisotopic (exact) mass is 306 g/mol. The molecule has 22 heavy (non-hydrogen) atoms. The number of benzene rings is 1. The lowest BCUT2D eigenvalue weighted by atomic mass is 9.88. The van der Waals surface area contributed by atoms with Gasteiger partial charge in [-0.2, -0.15) is 0 Å². The number of aromatic hydroxyl groups is 1.